The predicted molar refractivity (Wildman–Crippen MR) is 69.2 cm³/mol. The summed E-state index contributed by atoms with van der Waals surface area (Å²) in [5.41, 5.74) is 0.335. The van der Waals surface area contributed by atoms with Crippen LogP contribution in [-0.4, -0.2) is 35.0 Å². The van der Waals surface area contributed by atoms with Crippen LogP contribution in [0, 0.1) is 0 Å². The second-order valence-corrected chi connectivity index (χ2v) is 6.50. The summed E-state index contributed by atoms with van der Waals surface area (Å²) in [7, 11) is 0. The summed E-state index contributed by atoms with van der Waals surface area (Å²) in [4.78, 5) is 14.0. The minimum Gasteiger partial charge on any atom is -0.444 e. The third kappa shape index (κ3) is 3.05. The van der Waals surface area contributed by atoms with E-state index in [1.54, 1.807) is 4.90 Å². The minimum absolute atomic E-state index is 0.00681. The van der Waals surface area contributed by atoms with Gasteiger partial charge in [0.1, 0.15) is 11.3 Å². The second-order valence-electron chi connectivity index (χ2n) is 6.50. The first-order valence-electron chi connectivity index (χ1n) is 6.55. The van der Waals surface area contributed by atoms with Crippen LogP contribution in [0.2, 0.25) is 0 Å². The van der Waals surface area contributed by atoms with E-state index >= 15 is 0 Å². The Bertz CT molecular complexity index is 373. The Morgan fingerprint density at radius 1 is 1.44 bits per heavy atom. The van der Waals surface area contributed by atoms with Gasteiger partial charge in [-0.1, -0.05) is 11.6 Å². The van der Waals surface area contributed by atoms with Crippen molar-refractivity contribution in [1.82, 2.24) is 4.90 Å². The van der Waals surface area contributed by atoms with Crippen molar-refractivity contribution in [1.29, 1.82) is 0 Å². The maximum Gasteiger partial charge on any atom is 0.413 e. The summed E-state index contributed by atoms with van der Waals surface area (Å²) in [6, 6.07) is 0.00681. The van der Waals surface area contributed by atoms with E-state index in [9.17, 15) is 4.79 Å². The van der Waals surface area contributed by atoms with Gasteiger partial charge in [0, 0.05) is 0 Å². The zero-order chi connectivity index (χ0) is 13.6. The molecule has 4 heteroatoms. The highest BCUT2D eigenvalue weighted by Crippen LogP contribution is 2.34. The lowest BCUT2D eigenvalue weighted by Crippen LogP contribution is -2.49. The smallest absolute Gasteiger partial charge is 0.413 e. The van der Waals surface area contributed by atoms with Gasteiger partial charge in [-0.2, -0.15) is 0 Å². The van der Waals surface area contributed by atoms with Gasteiger partial charge < -0.3 is 9.47 Å². The Kier molecular flexibility index (Phi) is 3.18. The molecular formula is C14H23NO3. The van der Waals surface area contributed by atoms with Gasteiger partial charge >= 0.3 is 6.09 Å². The molecular weight excluding hydrogens is 230 g/mol. The van der Waals surface area contributed by atoms with Gasteiger partial charge in [-0.25, -0.2) is 4.79 Å². The number of hydrogen-bond acceptors (Lipinski definition) is 3. The Labute approximate surface area is 109 Å². The zero-order valence-electron chi connectivity index (χ0n) is 11.9. The molecule has 0 aromatic heterocycles. The molecule has 102 valence electrons. The van der Waals surface area contributed by atoms with Gasteiger partial charge in [0.2, 0.25) is 0 Å². The molecule has 18 heavy (non-hydrogen) atoms. The summed E-state index contributed by atoms with van der Waals surface area (Å²) < 4.78 is 11.2. The van der Waals surface area contributed by atoms with Crippen LogP contribution in [0.4, 0.5) is 4.79 Å². The van der Waals surface area contributed by atoms with Crippen molar-refractivity contribution in [2.24, 2.45) is 0 Å². The Balaban J connectivity index is 2.14. The number of nitrogens with zero attached hydrogens (tertiary/aromatic N) is 1. The first-order chi connectivity index (χ1) is 8.19. The number of hydrogen-bond donors (Lipinski definition) is 0. The van der Waals surface area contributed by atoms with Crippen LogP contribution in [0.5, 0.6) is 0 Å². The molecule has 1 atom stereocenters. The van der Waals surface area contributed by atoms with Crippen molar-refractivity contribution in [3.63, 3.8) is 0 Å². The molecule has 0 aromatic rings. The number of amides is 1. The van der Waals surface area contributed by atoms with Gasteiger partial charge in [-0.3, -0.25) is 4.90 Å². The Morgan fingerprint density at radius 3 is 2.56 bits per heavy atom. The molecule has 1 saturated carbocycles. The summed E-state index contributed by atoms with van der Waals surface area (Å²) in [5, 5.41) is 0. The van der Waals surface area contributed by atoms with Crippen LogP contribution >= 0.6 is 0 Å². The standard InChI is InChI=1S/C14H23NO3/c1-13(2,3)18-12(16)15-11(8-10-6-7-10)9-17-14(15,4)5/h8,11H,6-7,9H2,1-5H3. The minimum atomic E-state index is -0.598. The van der Waals surface area contributed by atoms with E-state index in [-0.39, 0.29) is 12.1 Å². The van der Waals surface area contributed by atoms with Crippen molar-refractivity contribution in [2.75, 3.05) is 6.61 Å². The van der Waals surface area contributed by atoms with E-state index in [4.69, 9.17) is 9.47 Å². The molecule has 2 fully saturated rings. The van der Waals surface area contributed by atoms with E-state index in [1.807, 2.05) is 34.6 Å². The molecule has 4 nitrogen and oxygen atoms in total. The fourth-order valence-corrected chi connectivity index (χ4v) is 2.13. The molecule has 0 aromatic carbocycles. The highest BCUT2D eigenvalue weighted by atomic mass is 16.6. The van der Waals surface area contributed by atoms with Gasteiger partial charge in [-0.05, 0) is 47.5 Å². The monoisotopic (exact) mass is 253 g/mol. The number of ether oxygens (including phenoxy) is 2. The first-order valence-corrected chi connectivity index (χ1v) is 6.55. The third-order valence-corrected chi connectivity index (χ3v) is 3.08. The van der Waals surface area contributed by atoms with Crippen LogP contribution in [0.3, 0.4) is 0 Å². The molecule has 1 heterocycles. The van der Waals surface area contributed by atoms with Crippen molar-refractivity contribution in [3.05, 3.63) is 11.6 Å². The zero-order valence-corrected chi connectivity index (χ0v) is 11.9. The molecule has 0 bridgehead atoms. The van der Waals surface area contributed by atoms with Crippen LogP contribution in [0.25, 0.3) is 0 Å². The van der Waals surface area contributed by atoms with Crippen molar-refractivity contribution < 1.29 is 14.3 Å². The quantitative estimate of drug-likeness (QED) is 0.674. The van der Waals surface area contributed by atoms with Crippen LogP contribution in [0.15, 0.2) is 11.6 Å². The largest absolute Gasteiger partial charge is 0.444 e. The average molecular weight is 253 g/mol. The maximum atomic E-state index is 12.3. The summed E-state index contributed by atoms with van der Waals surface area (Å²) in [6.45, 7) is 10.00. The molecule has 2 aliphatic rings. The highest BCUT2D eigenvalue weighted by Gasteiger charge is 2.45. The molecule has 2 rings (SSSR count). The SMILES string of the molecule is CC(C)(C)OC(=O)N1C(C=C2CC2)COC1(C)C. The van der Waals surface area contributed by atoms with Gasteiger partial charge in [-0.15, -0.1) is 0 Å². The topological polar surface area (TPSA) is 38.8 Å². The fourth-order valence-electron chi connectivity index (χ4n) is 2.13. The lowest BCUT2D eigenvalue weighted by molar-refractivity contribution is -0.0610. The van der Waals surface area contributed by atoms with E-state index in [1.165, 1.54) is 5.57 Å². The number of carbonyl (C=O) groups is 1. The van der Waals surface area contributed by atoms with Gasteiger partial charge in [0.15, 0.2) is 0 Å². The summed E-state index contributed by atoms with van der Waals surface area (Å²) in [6.07, 6.45) is 4.16. The average Bonchev–Trinajstić information content (AvgIpc) is 2.89. The normalized spacial score (nSPS) is 26.2. The molecule has 0 N–H and O–H groups in total. The van der Waals surface area contributed by atoms with Gasteiger partial charge in [0.05, 0.1) is 12.6 Å². The summed E-state index contributed by atoms with van der Waals surface area (Å²) >= 11 is 0. The molecule has 1 aliphatic carbocycles. The van der Waals surface area contributed by atoms with Crippen molar-refractivity contribution >= 4 is 6.09 Å². The second kappa shape index (κ2) is 4.26. The number of carbonyl (C=O) groups excluding carboxylic acids is 1. The van der Waals surface area contributed by atoms with E-state index in [0.29, 0.717) is 6.61 Å². The maximum absolute atomic E-state index is 12.3. The molecule has 0 radical (unpaired) electrons. The molecule has 0 spiro atoms. The molecule has 1 unspecified atom stereocenters. The van der Waals surface area contributed by atoms with Crippen LogP contribution < -0.4 is 0 Å². The van der Waals surface area contributed by atoms with E-state index in [0.717, 1.165) is 12.8 Å². The molecule has 1 amide bonds. The predicted octanol–water partition coefficient (Wildman–Crippen LogP) is 3.08. The number of allylic oxidation sites excluding steroid dienone is 1. The third-order valence-electron chi connectivity index (χ3n) is 3.08. The van der Waals surface area contributed by atoms with Gasteiger partial charge in [0.25, 0.3) is 0 Å². The number of rotatable bonds is 1. The summed E-state index contributed by atoms with van der Waals surface area (Å²) in [5.74, 6) is 0. The van der Waals surface area contributed by atoms with Crippen LogP contribution in [0.1, 0.15) is 47.5 Å². The Hall–Kier alpha value is -1.03. The van der Waals surface area contributed by atoms with Crippen LogP contribution in [-0.2, 0) is 9.47 Å². The first kappa shape index (κ1) is 13.4. The fraction of sp³-hybridized carbons (Fsp3) is 0.786. The van der Waals surface area contributed by atoms with E-state index < -0.39 is 11.3 Å². The Morgan fingerprint density at radius 2 is 2.06 bits per heavy atom. The van der Waals surface area contributed by atoms with E-state index in [2.05, 4.69) is 6.08 Å². The van der Waals surface area contributed by atoms with Crippen molar-refractivity contribution in [2.45, 2.75) is 64.8 Å². The lowest BCUT2D eigenvalue weighted by Gasteiger charge is -2.34. The highest BCUT2D eigenvalue weighted by molar-refractivity contribution is 5.70. The molecule has 1 aliphatic heterocycles. The lowest BCUT2D eigenvalue weighted by atomic mass is 10.2. The van der Waals surface area contributed by atoms with Crippen molar-refractivity contribution in [3.8, 4) is 0 Å². The molecule has 1 saturated heterocycles.